The van der Waals surface area contributed by atoms with E-state index >= 15 is 0 Å². The maximum atomic E-state index is 9.46. The number of hydrogen-bond donors (Lipinski definition) is 2. The van der Waals surface area contributed by atoms with Gasteiger partial charge < -0.3 is 10.2 Å². The number of aliphatic hydroxyl groups excluding tert-OH is 2. The van der Waals surface area contributed by atoms with Crippen molar-refractivity contribution in [3.63, 3.8) is 0 Å². The van der Waals surface area contributed by atoms with Crippen LogP contribution in [-0.2, 0) is 0 Å². The first-order valence-corrected chi connectivity index (χ1v) is 3.88. The minimum absolute atomic E-state index is 0.102. The molecule has 0 aliphatic carbocycles. The molecule has 66 valence electrons. The molecule has 0 amide bonds. The molecule has 0 aromatic carbocycles. The maximum Gasteiger partial charge on any atom is 0.115 e. The molecule has 1 heterocycles. The predicted molar refractivity (Wildman–Crippen MR) is 43.3 cm³/mol. The Morgan fingerprint density at radius 1 is 1.33 bits per heavy atom. The van der Waals surface area contributed by atoms with E-state index in [2.05, 4.69) is 9.97 Å². The van der Waals surface area contributed by atoms with Gasteiger partial charge in [-0.2, -0.15) is 0 Å². The molecule has 2 N–H and O–H groups in total. The number of aromatic nitrogens is 2. The normalized spacial score (nSPS) is 12.8. The second kappa shape index (κ2) is 4.79. The van der Waals surface area contributed by atoms with Crippen molar-refractivity contribution >= 4 is 0 Å². The third-order valence-corrected chi connectivity index (χ3v) is 1.60. The first kappa shape index (κ1) is 9.09. The Bertz CT molecular complexity index is 216. The predicted octanol–water partition coefficient (Wildman–Crippen LogP) is 0.283. The highest BCUT2D eigenvalue weighted by molar-refractivity contribution is 5.05. The van der Waals surface area contributed by atoms with Crippen LogP contribution in [0.4, 0.5) is 0 Å². The third-order valence-electron chi connectivity index (χ3n) is 1.60. The summed E-state index contributed by atoms with van der Waals surface area (Å²) in [5.74, 6) is 0. The summed E-state index contributed by atoms with van der Waals surface area (Å²) < 4.78 is 0. The monoisotopic (exact) mass is 168 g/mol. The molecule has 1 unspecified atom stereocenters. The summed E-state index contributed by atoms with van der Waals surface area (Å²) in [7, 11) is 0. The molecule has 0 fully saturated rings. The van der Waals surface area contributed by atoms with Crippen molar-refractivity contribution in [1.82, 2.24) is 9.97 Å². The van der Waals surface area contributed by atoms with Gasteiger partial charge in [-0.05, 0) is 12.8 Å². The number of nitrogens with zero attached hydrogens (tertiary/aromatic N) is 2. The molecule has 0 spiro atoms. The van der Waals surface area contributed by atoms with Crippen LogP contribution < -0.4 is 0 Å². The summed E-state index contributed by atoms with van der Waals surface area (Å²) in [5, 5.41) is 18.0. The van der Waals surface area contributed by atoms with E-state index in [9.17, 15) is 5.11 Å². The van der Waals surface area contributed by atoms with E-state index in [-0.39, 0.29) is 6.61 Å². The number of hydrogen-bond acceptors (Lipinski definition) is 4. The summed E-state index contributed by atoms with van der Waals surface area (Å²) in [4.78, 5) is 7.56. The first-order valence-electron chi connectivity index (χ1n) is 3.88. The maximum absolute atomic E-state index is 9.46. The lowest BCUT2D eigenvalue weighted by molar-refractivity contribution is 0.151. The van der Waals surface area contributed by atoms with Crippen LogP contribution in [0.5, 0.6) is 0 Å². The summed E-state index contributed by atoms with van der Waals surface area (Å²) in [5.41, 5.74) is 0.700. The van der Waals surface area contributed by atoms with E-state index in [0.29, 0.717) is 18.4 Å². The van der Waals surface area contributed by atoms with Crippen LogP contribution in [0.25, 0.3) is 0 Å². The molecule has 1 aromatic rings. The van der Waals surface area contributed by atoms with Crippen molar-refractivity contribution in [1.29, 1.82) is 0 Å². The Hall–Kier alpha value is -1.00. The molecule has 0 radical (unpaired) electrons. The summed E-state index contributed by atoms with van der Waals surface area (Å²) in [6.07, 6.45) is 5.16. The molecular formula is C8H12N2O2. The van der Waals surface area contributed by atoms with Gasteiger partial charge in [-0.25, -0.2) is 9.97 Å². The van der Waals surface area contributed by atoms with Crippen molar-refractivity contribution in [3.8, 4) is 0 Å². The van der Waals surface area contributed by atoms with E-state index in [0.717, 1.165) is 0 Å². The van der Waals surface area contributed by atoms with Gasteiger partial charge in [-0.1, -0.05) is 0 Å². The average Bonchev–Trinajstić information content (AvgIpc) is 2.15. The molecule has 0 saturated carbocycles. The molecule has 0 aliphatic heterocycles. The Morgan fingerprint density at radius 3 is 2.58 bits per heavy atom. The van der Waals surface area contributed by atoms with Crippen LogP contribution in [0.1, 0.15) is 24.5 Å². The molecule has 1 rings (SSSR count). The molecule has 4 nitrogen and oxygen atoms in total. The molecule has 1 aromatic heterocycles. The third kappa shape index (κ3) is 2.56. The van der Waals surface area contributed by atoms with Crippen molar-refractivity contribution in [2.45, 2.75) is 18.9 Å². The SMILES string of the molecule is OCCCC(O)c1cncnc1. The van der Waals surface area contributed by atoms with Crippen LogP contribution in [0.2, 0.25) is 0 Å². The van der Waals surface area contributed by atoms with Crippen molar-refractivity contribution in [2.24, 2.45) is 0 Å². The highest BCUT2D eigenvalue weighted by Gasteiger charge is 2.06. The zero-order valence-corrected chi connectivity index (χ0v) is 6.72. The Labute approximate surface area is 70.9 Å². The molecular weight excluding hydrogens is 156 g/mol. The first-order chi connectivity index (χ1) is 5.84. The molecule has 1 atom stereocenters. The van der Waals surface area contributed by atoms with Gasteiger partial charge in [0.15, 0.2) is 0 Å². The second-order valence-electron chi connectivity index (χ2n) is 2.55. The van der Waals surface area contributed by atoms with Crippen LogP contribution in [0.15, 0.2) is 18.7 Å². The van der Waals surface area contributed by atoms with E-state index < -0.39 is 6.10 Å². The largest absolute Gasteiger partial charge is 0.396 e. The minimum atomic E-state index is -0.557. The fourth-order valence-corrected chi connectivity index (χ4v) is 0.934. The Balaban J connectivity index is 2.48. The molecule has 12 heavy (non-hydrogen) atoms. The van der Waals surface area contributed by atoms with Gasteiger partial charge >= 0.3 is 0 Å². The fraction of sp³-hybridized carbons (Fsp3) is 0.500. The topological polar surface area (TPSA) is 66.2 Å². The highest BCUT2D eigenvalue weighted by Crippen LogP contribution is 2.15. The molecule has 0 aliphatic rings. The number of rotatable bonds is 4. The summed E-state index contributed by atoms with van der Waals surface area (Å²) >= 11 is 0. The Morgan fingerprint density at radius 2 is 2.00 bits per heavy atom. The van der Waals surface area contributed by atoms with Crippen LogP contribution in [0.3, 0.4) is 0 Å². The van der Waals surface area contributed by atoms with E-state index in [1.54, 1.807) is 12.4 Å². The lowest BCUT2D eigenvalue weighted by atomic mass is 10.1. The summed E-state index contributed by atoms with van der Waals surface area (Å²) in [6.45, 7) is 0.102. The second-order valence-corrected chi connectivity index (χ2v) is 2.55. The lowest BCUT2D eigenvalue weighted by Gasteiger charge is -2.07. The van der Waals surface area contributed by atoms with Crippen LogP contribution in [-0.4, -0.2) is 26.8 Å². The quantitative estimate of drug-likeness (QED) is 0.677. The average molecular weight is 168 g/mol. The van der Waals surface area contributed by atoms with Gasteiger partial charge in [0, 0.05) is 24.6 Å². The van der Waals surface area contributed by atoms with Crippen LogP contribution in [0, 0.1) is 0 Å². The lowest BCUT2D eigenvalue weighted by Crippen LogP contribution is -1.99. The number of aliphatic hydroxyl groups is 2. The van der Waals surface area contributed by atoms with Crippen LogP contribution >= 0.6 is 0 Å². The Kier molecular flexibility index (Phi) is 3.63. The van der Waals surface area contributed by atoms with Gasteiger partial charge in [0.25, 0.3) is 0 Å². The van der Waals surface area contributed by atoms with Gasteiger partial charge in [0.05, 0.1) is 6.10 Å². The van der Waals surface area contributed by atoms with Gasteiger partial charge in [0.1, 0.15) is 6.33 Å². The van der Waals surface area contributed by atoms with Gasteiger partial charge in [-0.15, -0.1) is 0 Å². The highest BCUT2D eigenvalue weighted by atomic mass is 16.3. The molecule has 4 heteroatoms. The standard InChI is InChI=1S/C8H12N2O2/c11-3-1-2-8(12)7-4-9-6-10-5-7/h4-6,8,11-12H,1-3H2. The van der Waals surface area contributed by atoms with Crippen molar-refractivity contribution in [3.05, 3.63) is 24.3 Å². The smallest absolute Gasteiger partial charge is 0.115 e. The van der Waals surface area contributed by atoms with E-state index in [1.807, 2.05) is 0 Å². The van der Waals surface area contributed by atoms with Crippen molar-refractivity contribution < 1.29 is 10.2 Å². The zero-order chi connectivity index (χ0) is 8.81. The minimum Gasteiger partial charge on any atom is -0.396 e. The van der Waals surface area contributed by atoms with Crippen molar-refractivity contribution in [2.75, 3.05) is 6.61 Å². The van der Waals surface area contributed by atoms with E-state index in [1.165, 1.54) is 6.33 Å². The molecule has 0 bridgehead atoms. The van der Waals surface area contributed by atoms with E-state index in [4.69, 9.17) is 5.11 Å². The molecule has 0 saturated heterocycles. The summed E-state index contributed by atoms with van der Waals surface area (Å²) in [6, 6.07) is 0. The zero-order valence-electron chi connectivity index (χ0n) is 6.72. The fourth-order valence-electron chi connectivity index (χ4n) is 0.934. The van der Waals surface area contributed by atoms with Gasteiger partial charge in [-0.3, -0.25) is 0 Å². The van der Waals surface area contributed by atoms with Gasteiger partial charge in [0.2, 0.25) is 0 Å².